The monoisotopic (exact) mass is 86.1 g/mol. The summed E-state index contributed by atoms with van der Waals surface area (Å²) in [5.74, 6) is 0. The molecule has 0 unspecified atom stereocenters. The number of hydroxylamine groups is 2. The van der Waals surface area contributed by atoms with Crippen molar-refractivity contribution in [3.8, 4) is 0 Å². The Balaban J connectivity index is 2.18. The van der Waals surface area contributed by atoms with E-state index in [2.05, 4.69) is 0 Å². The van der Waals surface area contributed by atoms with Gasteiger partial charge in [-0.2, -0.15) is 0 Å². The first kappa shape index (κ1) is 4.09. The van der Waals surface area contributed by atoms with Gasteiger partial charge in [-0.25, -0.2) is 5.06 Å². The summed E-state index contributed by atoms with van der Waals surface area (Å²) in [6.07, 6.45) is 2.20. The highest BCUT2D eigenvalue weighted by Crippen LogP contribution is 2.00. The number of nitrogens with zero attached hydrogens (tertiary/aromatic N) is 1. The minimum Gasteiger partial charge on any atom is -0.582 e. The lowest BCUT2D eigenvalue weighted by atomic mass is 10.4. The third-order valence-electron chi connectivity index (χ3n) is 1.07. The molecule has 0 N–H and O–H groups in total. The van der Waals surface area contributed by atoms with Crippen LogP contribution in [0.4, 0.5) is 0 Å². The molecule has 0 aromatic heterocycles. The lowest BCUT2D eigenvalue weighted by molar-refractivity contribution is 0.637. The standard InChI is InChI=1S/C4H8NO/c6-5-3-1-2-4-5/h1-4H2. The molecule has 1 aliphatic rings. The van der Waals surface area contributed by atoms with E-state index < -0.39 is 0 Å². The van der Waals surface area contributed by atoms with Crippen LogP contribution in [-0.2, 0) is 0 Å². The van der Waals surface area contributed by atoms with Gasteiger partial charge >= 0.3 is 0 Å². The van der Waals surface area contributed by atoms with Crippen molar-refractivity contribution in [3.05, 3.63) is 5.21 Å². The molecule has 2 nitrogen and oxygen atoms in total. The van der Waals surface area contributed by atoms with E-state index in [1.165, 1.54) is 0 Å². The summed E-state index contributed by atoms with van der Waals surface area (Å²) >= 11 is 0. The van der Waals surface area contributed by atoms with E-state index in [-0.39, 0.29) is 0 Å². The van der Waals surface area contributed by atoms with E-state index in [0.29, 0.717) is 0 Å². The lowest BCUT2D eigenvalue weighted by Crippen LogP contribution is -2.15. The van der Waals surface area contributed by atoms with Crippen molar-refractivity contribution in [2.45, 2.75) is 12.8 Å². The molecular weight excluding hydrogens is 78.0 g/mol. The third kappa shape index (κ3) is 0.698. The van der Waals surface area contributed by atoms with Crippen molar-refractivity contribution in [3.63, 3.8) is 0 Å². The SMILES string of the molecule is [O-][N+]1CCCC1. The maximum Gasteiger partial charge on any atom is 0.123 e. The Morgan fingerprint density at radius 1 is 1.17 bits per heavy atom. The predicted octanol–water partition coefficient (Wildman–Crippen LogP) is 0.418. The average molecular weight is 86.1 g/mol. The summed E-state index contributed by atoms with van der Waals surface area (Å²) in [4.78, 5) is 0. The van der Waals surface area contributed by atoms with Crippen LogP contribution in [0, 0.1) is 5.21 Å². The maximum absolute atomic E-state index is 10.2. The molecule has 0 aliphatic carbocycles. The first-order chi connectivity index (χ1) is 2.89. The fraction of sp³-hybridized carbons (Fsp3) is 1.00. The Morgan fingerprint density at radius 2 is 1.67 bits per heavy atom. The van der Waals surface area contributed by atoms with Crippen LogP contribution < -0.4 is 5.06 Å². The summed E-state index contributed by atoms with van der Waals surface area (Å²) in [5, 5.41) is 11.3. The van der Waals surface area contributed by atoms with Gasteiger partial charge in [0.15, 0.2) is 0 Å². The zero-order chi connectivity index (χ0) is 4.41. The lowest BCUT2D eigenvalue weighted by Gasteiger charge is -2.01. The van der Waals surface area contributed by atoms with E-state index in [1.54, 1.807) is 0 Å². The Labute approximate surface area is 37.3 Å². The highest BCUT2D eigenvalue weighted by atomic mass is 16.5. The third-order valence-corrected chi connectivity index (χ3v) is 1.07. The van der Waals surface area contributed by atoms with Crippen LogP contribution in [0.2, 0.25) is 0 Å². The summed E-state index contributed by atoms with van der Waals surface area (Å²) in [6.45, 7) is 1.53. The molecule has 1 aliphatic heterocycles. The maximum atomic E-state index is 10.2. The molecule has 1 radical (unpaired) electrons. The highest BCUT2D eigenvalue weighted by molar-refractivity contribution is 4.70. The molecule has 35 valence electrons. The minimum absolute atomic E-state index is 0.764. The van der Waals surface area contributed by atoms with Crippen molar-refractivity contribution < 1.29 is 0 Å². The minimum atomic E-state index is 0.764. The van der Waals surface area contributed by atoms with Gasteiger partial charge < -0.3 is 5.21 Å². The number of rotatable bonds is 0. The fourth-order valence-corrected chi connectivity index (χ4v) is 0.688. The van der Waals surface area contributed by atoms with Crippen molar-refractivity contribution in [1.82, 2.24) is 5.06 Å². The molecule has 0 atom stereocenters. The van der Waals surface area contributed by atoms with Gasteiger partial charge in [-0.3, -0.25) is 0 Å². The zero-order valence-corrected chi connectivity index (χ0v) is 3.68. The average Bonchev–Trinajstić information content (AvgIpc) is 1.86. The van der Waals surface area contributed by atoms with Crippen LogP contribution in [-0.4, -0.2) is 13.1 Å². The van der Waals surface area contributed by atoms with Gasteiger partial charge in [-0.1, -0.05) is 0 Å². The highest BCUT2D eigenvalue weighted by Gasteiger charge is 2.09. The first-order valence-electron chi connectivity index (χ1n) is 2.32. The molecule has 0 bridgehead atoms. The Hall–Kier alpha value is -0.0800. The zero-order valence-electron chi connectivity index (χ0n) is 3.68. The van der Waals surface area contributed by atoms with Crippen molar-refractivity contribution >= 4 is 0 Å². The van der Waals surface area contributed by atoms with Crippen molar-refractivity contribution in [1.29, 1.82) is 0 Å². The van der Waals surface area contributed by atoms with Crippen LogP contribution in [0.15, 0.2) is 0 Å². The van der Waals surface area contributed by atoms with Gasteiger partial charge in [-0.15, -0.1) is 0 Å². The van der Waals surface area contributed by atoms with Gasteiger partial charge in [0.25, 0.3) is 0 Å². The first-order valence-corrected chi connectivity index (χ1v) is 2.32. The molecular formula is C4H8NO. The topological polar surface area (TPSA) is 29.0 Å². The number of hydrogen-bond acceptors (Lipinski definition) is 2. The molecule has 0 spiro atoms. The summed E-state index contributed by atoms with van der Waals surface area (Å²) in [5.41, 5.74) is 0. The Morgan fingerprint density at radius 3 is 1.83 bits per heavy atom. The van der Waals surface area contributed by atoms with E-state index in [4.69, 9.17) is 0 Å². The van der Waals surface area contributed by atoms with Crippen molar-refractivity contribution in [2.24, 2.45) is 0 Å². The number of hydrogen-bond donors (Lipinski definition) is 0. The molecule has 0 amide bonds. The van der Waals surface area contributed by atoms with Crippen LogP contribution in [0.25, 0.3) is 0 Å². The van der Waals surface area contributed by atoms with Crippen LogP contribution in [0.5, 0.6) is 0 Å². The van der Waals surface area contributed by atoms with Gasteiger partial charge in [0.05, 0.1) is 0 Å². The Kier molecular flexibility index (Phi) is 1.08. The van der Waals surface area contributed by atoms with Gasteiger partial charge in [0.1, 0.15) is 13.1 Å². The van der Waals surface area contributed by atoms with E-state index in [9.17, 15) is 5.21 Å². The second-order valence-electron chi connectivity index (χ2n) is 1.64. The Bertz CT molecular complexity index is 40.8. The molecule has 1 rings (SSSR count). The fourth-order valence-electron chi connectivity index (χ4n) is 0.688. The van der Waals surface area contributed by atoms with Gasteiger partial charge in [0, 0.05) is 12.8 Å². The molecule has 0 aromatic carbocycles. The molecule has 6 heavy (non-hydrogen) atoms. The second kappa shape index (κ2) is 1.58. The van der Waals surface area contributed by atoms with Crippen LogP contribution >= 0.6 is 0 Å². The summed E-state index contributed by atoms with van der Waals surface area (Å²) in [6, 6.07) is 0. The predicted molar refractivity (Wildman–Crippen MR) is 24.5 cm³/mol. The summed E-state index contributed by atoms with van der Waals surface area (Å²) in [7, 11) is 0. The molecule has 1 saturated heterocycles. The molecule has 1 fully saturated rings. The molecule has 0 aromatic rings. The van der Waals surface area contributed by atoms with Crippen LogP contribution in [0.1, 0.15) is 12.8 Å². The largest absolute Gasteiger partial charge is 0.582 e. The van der Waals surface area contributed by atoms with E-state index in [1.807, 2.05) is 0 Å². The molecule has 2 heteroatoms. The van der Waals surface area contributed by atoms with E-state index in [0.717, 1.165) is 31.0 Å². The second-order valence-corrected chi connectivity index (χ2v) is 1.64. The van der Waals surface area contributed by atoms with Gasteiger partial charge in [-0.05, 0) is 0 Å². The van der Waals surface area contributed by atoms with Gasteiger partial charge in [0.2, 0.25) is 0 Å². The molecule has 1 heterocycles. The quantitative estimate of drug-likeness (QED) is 0.310. The van der Waals surface area contributed by atoms with Crippen LogP contribution in [0.3, 0.4) is 0 Å². The van der Waals surface area contributed by atoms with E-state index >= 15 is 0 Å². The van der Waals surface area contributed by atoms with Crippen molar-refractivity contribution in [2.75, 3.05) is 13.1 Å². The molecule has 0 saturated carbocycles. The normalized spacial score (nSPS) is 25.5. The summed E-state index contributed by atoms with van der Waals surface area (Å²) < 4.78 is 0. The smallest absolute Gasteiger partial charge is 0.123 e.